The molecule has 1 N–H and O–H groups in total. The first-order chi connectivity index (χ1) is 21.9. The molecule has 13 heteroatoms. The number of pyridine rings is 1. The summed E-state index contributed by atoms with van der Waals surface area (Å²) in [6.07, 6.45) is -8.08. The van der Waals surface area contributed by atoms with Crippen LogP contribution in [0.4, 0.5) is 36.4 Å². The molecule has 2 aromatic carbocycles. The maximum Gasteiger partial charge on any atom is 0.416 e. The molecule has 1 amide bonds. The van der Waals surface area contributed by atoms with Gasteiger partial charge in [0.25, 0.3) is 0 Å². The van der Waals surface area contributed by atoms with Crippen molar-refractivity contribution in [2.45, 2.75) is 56.9 Å². The molecule has 6 nitrogen and oxygen atoms in total. The van der Waals surface area contributed by atoms with Crippen LogP contribution in [0, 0.1) is 18.7 Å². The number of morpholine rings is 1. The zero-order chi connectivity index (χ0) is 34.5. The number of aliphatic hydroxyl groups is 1. The highest BCUT2D eigenvalue weighted by Crippen LogP contribution is 2.43. The molecule has 0 spiro atoms. The minimum Gasteiger partial charge on any atom is -0.396 e. The SMILES string of the molecule is Cc1cc(F)ccc1-c1cc(C2C[C@H]3COCCN3C[C@H]2CO)ncc1N(C)C(=O)C(C)(C)c1cc(C(F)(F)F)cc(C(F)(F)F)c1. The molecule has 3 aromatic rings. The molecule has 47 heavy (non-hydrogen) atoms. The number of nitrogens with zero attached hydrogens (tertiary/aromatic N) is 3. The number of rotatable bonds is 6. The Labute approximate surface area is 268 Å². The van der Waals surface area contributed by atoms with Gasteiger partial charge in [-0.25, -0.2) is 4.39 Å². The van der Waals surface area contributed by atoms with Crippen LogP contribution in [-0.2, 0) is 27.3 Å². The quantitative estimate of drug-likeness (QED) is 0.288. The number of piperidine rings is 1. The minimum atomic E-state index is -5.08. The fourth-order valence-corrected chi connectivity index (χ4v) is 6.66. The maximum atomic E-state index is 14.2. The van der Waals surface area contributed by atoms with Gasteiger partial charge in [-0.1, -0.05) is 6.07 Å². The molecule has 2 fully saturated rings. The van der Waals surface area contributed by atoms with Crippen molar-refractivity contribution in [3.63, 3.8) is 0 Å². The highest BCUT2D eigenvalue weighted by molar-refractivity contribution is 6.03. The van der Waals surface area contributed by atoms with Crippen LogP contribution < -0.4 is 4.90 Å². The van der Waals surface area contributed by atoms with Gasteiger partial charge in [-0.3, -0.25) is 14.7 Å². The van der Waals surface area contributed by atoms with E-state index in [1.165, 1.54) is 39.2 Å². The monoisotopic (exact) mass is 667 g/mol. The molecule has 3 heterocycles. The summed E-state index contributed by atoms with van der Waals surface area (Å²) in [4.78, 5) is 22.2. The number of aryl methyl sites for hydroxylation is 1. The van der Waals surface area contributed by atoms with E-state index in [9.17, 15) is 40.6 Å². The predicted octanol–water partition coefficient (Wildman–Crippen LogP) is 6.97. The molecular formula is C34H36F7N3O3. The van der Waals surface area contributed by atoms with Gasteiger partial charge in [0.05, 0.1) is 41.6 Å². The van der Waals surface area contributed by atoms with Gasteiger partial charge >= 0.3 is 12.4 Å². The molecule has 0 saturated carbocycles. The van der Waals surface area contributed by atoms with Crippen molar-refractivity contribution in [1.82, 2.24) is 9.88 Å². The molecule has 2 saturated heterocycles. The van der Waals surface area contributed by atoms with Crippen molar-refractivity contribution >= 4 is 11.6 Å². The number of carbonyl (C=O) groups is 1. The fraction of sp³-hybridized carbons (Fsp3) is 0.471. The number of amides is 1. The van der Waals surface area contributed by atoms with Crippen molar-refractivity contribution < 1.29 is 45.4 Å². The lowest BCUT2D eigenvalue weighted by Gasteiger charge is -2.45. The largest absolute Gasteiger partial charge is 0.416 e. The molecule has 0 aliphatic carbocycles. The first kappa shape index (κ1) is 34.8. The van der Waals surface area contributed by atoms with Gasteiger partial charge in [-0.05, 0) is 80.3 Å². The van der Waals surface area contributed by atoms with Crippen LogP contribution >= 0.6 is 0 Å². The molecule has 2 aliphatic rings. The molecular weight excluding hydrogens is 631 g/mol. The normalized spacial score (nSPS) is 21.0. The van der Waals surface area contributed by atoms with Crippen LogP contribution in [0.2, 0.25) is 0 Å². The molecule has 5 rings (SSSR count). The average molecular weight is 668 g/mol. The van der Waals surface area contributed by atoms with E-state index in [-0.39, 0.29) is 36.2 Å². The van der Waals surface area contributed by atoms with Crippen LogP contribution in [-0.4, -0.2) is 66.9 Å². The lowest BCUT2D eigenvalue weighted by Crippen LogP contribution is -2.53. The van der Waals surface area contributed by atoms with Crippen LogP contribution in [0.15, 0.2) is 48.7 Å². The lowest BCUT2D eigenvalue weighted by atomic mass is 9.79. The minimum absolute atomic E-state index is 0.0232. The zero-order valence-corrected chi connectivity index (χ0v) is 26.3. The molecule has 0 bridgehead atoms. The molecule has 1 aromatic heterocycles. The first-order valence-corrected chi connectivity index (χ1v) is 15.2. The second-order valence-corrected chi connectivity index (χ2v) is 12.9. The highest BCUT2D eigenvalue weighted by atomic mass is 19.4. The smallest absolute Gasteiger partial charge is 0.396 e. The zero-order valence-electron chi connectivity index (χ0n) is 26.3. The third kappa shape index (κ3) is 7.02. The van der Waals surface area contributed by atoms with Gasteiger partial charge < -0.3 is 14.7 Å². The van der Waals surface area contributed by atoms with Crippen molar-refractivity contribution in [3.05, 3.63) is 82.4 Å². The Kier molecular flexibility index (Phi) is 9.48. The van der Waals surface area contributed by atoms with Crippen LogP contribution in [0.3, 0.4) is 0 Å². The second-order valence-electron chi connectivity index (χ2n) is 12.9. The molecule has 3 atom stereocenters. The summed E-state index contributed by atoms with van der Waals surface area (Å²) < 4.78 is 102. The van der Waals surface area contributed by atoms with Crippen molar-refractivity contribution in [2.75, 3.05) is 44.9 Å². The van der Waals surface area contributed by atoms with E-state index in [1.807, 2.05) is 0 Å². The Morgan fingerprint density at radius 1 is 1.00 bits per heavy atom. The summed E-state index contributed by atoms with van der Waals surface area (Å²) in [6, 6.07) is 7.15. The first-order valence-electron chi connectivity index (χ1n) is 15.2. The predicted molar refractivity (Wildman–Crippen MR) is 161 cm³/mol. The van der Waals surface area contributed by atoms with Gasteiger partial charge in [-0.15, -0.1) is 0 Å². The number of aromatic nitrogens is 1. The summed E-state index contributed by atoms with van der Waals surface area (Å²) in [5, 5.41) is 10.3. The number of ether oxygens (including phenoxy) is 1. The third-order valence-corrected chi connectivity index (χ3v) is 9.42. The summed E-state index contributed by atoms with van der Waals surface area (Å²) in [7, 11) is 1.37. The van der Waals surface area contributed by atoms with E-state index >= 15 is 0 Å². The molecule has 0 radical (unpaired) electrons. The van der Waals surface area contributed by atoms with Crippen LogP contribution in [0.5, 0.6) is 0 Å². The number of hydrogen-bond acceptors (Lipinski definition) is 5. The Bertz CT molecular complexity index is 1610. The van der Waals surface area contributed by atoms with Gasteiger partial charge in [0.2, 0.25) is 5.91 Å². The Balaban J connectivity index is 1.59. The number of carbonyl (C=O) groups excluding carboxylic acids is 1. The second kappa shape index (κ2) is 12.8. The molecule has 254 valence electrons. The number of anilines is 1. The standard InChI is InChI=1S/C34H36F7N3O3/c1-19-9-24(35)5-6-26(19)28-14-29(27-13-25-18-47-8-7-44(25)16-20(27)17-45)42-15-30(28)43(4)31(46)32(2,3)21-10-22(33(36,37)38)12-23(11-21)34(39,40)41/h5-6,9-12,14-15,20,25,27,45H,7-8,13,16-18H2,1-4H3/t20-,25-,27?/m0/s1. The number of alkyl halides is 6. The van der Waals surface area contributed by atoms with Crippen molar-refractivity contribution in [1.29, 1.82) is 0 Å². The number of benzene rings is 2. The Morgan fingerprint density at radius 2 is 1.64 bits per heavy atom. The van der Waals surface area contributed by atoms with E-state index in [0.29, 0.717) is 60.7 Å². The molecule has 1 unspecified atom stereocenters. The topological polar surface area (TPSA) is 65.9 Å². The van der Waals surface area contributed by atoms with Gasteiger partial charge in [0.15, 0.2) is 0 Å². The number of fused-ring (bicyclic) bond motifs is 1. The number of likely N-dealkylation sites (N-methyl/N-ethyl adjacent to an activating group) is 1. The van der Waals surface area contributed by atoms with Crippen LogP contribution in [0.1, 0.15) is 54.1 Å². The lowest BCUT2D eigenvalue weighted by molar-refractivity contribution is -0.143. The van der Waals surface area contributed by atoms with E-state index in [2.05, 4.69) is 9.88 Å². The van der Waals surface area contributed by atoms with E-state index in [4.69, 9.17) is 4.74 Å². The number of hydrogen-bond donors (Lipinski definition) is 1. The van der Waals surface area contributed by atoms with E-state index in [0.717, 1.165) is 11.4 Å². The fourth-order valence-electron chi connectivity index (χ4n) is 6.66. The third-order valence-electron chi connectivity index (χ3n) is 9.42. The summed E-state index contributed by atoms with van der Waals surface area (Å²) in [5.41, 5.74) is -2.94. The summed E-state index contributed by atoms with van der Waals surface area (Å²) >= 11 is 0. The Hall–Kier alpha value is -3.55. The number of halogens is 7. The van der Waals surface area contributed by atoms with E-state index < -0.39 is 46.2 Å². The van der Waals surface area contributed by atoms with Gasteiger partial charge in [0, 0.05) is 55.9 Å². The average Bonchev–Trinajstić information content (AvgIpc) is 3.02. The van der Waals surface area contributed by atoms with Crippen molar-refractivity contribution in [3.8, 4) is 11.1 Å². The molecule has 2 aliphatic heterocycles. The summed E-state index contributed by atoms with van der Waals surface area (Å²) in [5.74, 6) is -1.60. The van der Waals surface area contributed by atoms with E-state index in [1.54, 1.807) is 19.1 Å². The van der Waals surface area contributed by atoms with Crippen LogP contribution in [0.25, 0.3) is 11.1 Å². The van der Waals surface area contributed by atoms with Gasteiger partial charge in [0.1, 0.15) is 5.82 Å². The maximum absolute atomic E-state index is 14.2. The Morgan fingerprint density at radius 3 is 2.23 bits per heavy atom. The number of aliphatic hydroxyl groups excluding tert-OH is 1. The highest BCUT2D eigenvalue weighted by Gasteiger charge is 2.42. The summed E-state index contributed by atoms with van der Waals surface area (Å²) in [6.45, 7) is 6.64. The van der Waals surface area contributed by atoms with Gasteiger partial charge in [-0.2, -0.15) is 26.3 Å². The van der Waals surface area contributed by atoms with Crippen molar-refractivity contribution in [2.24, 2.45) is 5.92 Å².